The molecule has 24 heavy (non-hydrogen) atoms. The Labute approximate surface area is 145 Å². The maximum atomic E-state index is 12.4. The molecule has 1 heterocycles. The molecule has 0 aliphatic rings. The van der Waals surface area contributed by atoms with Crippen molar-refractivity contribution in [3.05, 3.63) is 79.2 Å². The molecule has 3 aromatic rings. The van der Waals surface area contributed by atoms with Crippen LogP contribution in [-0.4, -0.2) is 14.5 Å². The van der Waals surface area contributed by atoms with Gasteiger partial charge in [-0.05, 0) is 27.6 Å². The van der Waals surface area contributed by atoms with Crippen molar-refractivity contribution in [1.29, 1.82) is 0 Å². The zero-order valence-electron chi connectivity index (χ0n) is 12.2. The van der Waals surface area contributed by atoms with Gasteiger partial charge < -0.3 is 0 Å². The third-order valence-corrected chi connectivity index (χ3v) is 4.22. The molecular weight excluding hydrogens is 374 g/mol. The minimum atomic E-state index is -0.641. The summed E-state index contributed by atoms with van der Waals surface area (Å²) in [6.45, 7) is 0. The molecular formula is C17H10BrN3O3. The zero-order valence-corrected chi connectivity index (χ0v) is 13.8. The third-order valence-electron chi connectivity index (χ3n) is 3.58. The van der Waals surface area contributed by atoms with Crippen LogP contribution in [0.5, 0.6) is 0 Å². The van der Waals surface area contributed by atoms with E-state index in [-0.39, 0.29) is 15.7 Å². The molecule has 0 saturated heterocycles. The van der Waals surface area contributed by atoms with E-state index in [1.54, 1.807) is 0 Å². The van der Waals surface area contributed by atoms with Crippen molar-refractivity contribution >= 4 is 32.7 Å². The van der Waals surface area contributed by atoms with Gasteiger partial charge in [-0.15, -0.1) is 6.42 Å². The average molecular weight is 384 g/mol. The van der Waals surface area contributed by atoms with Crippen LogP contribution in [-0.2, 0) is 0 Å². The molecule has 0 unspecified atom stereocenters. The second-order valence-corrected chi connectivity index (χ2v) is 5.85. The summed E-state index contributed by atoms with van der Waals surface area (Å²) in [5, 5.41) is 11.1. The maximum absolute atomic E-state index is 12.4. The molecule has 1 aromatic heterocycles. The zero-order chi connectivity index (χ0) is 17.3. The minimum Gasteiger partial charge on any atom is -0.287 e. The van der Waals surface area contributed by atoms with Crippen LogP contribution < -0.4 is 5.56 Å². The number of aromatic nitrogens is 2. The summed E-state index contributed by atoms with van der Waals surface area (Å²) in [5.74, 6) is 2.61. The lowest BCUT2D eigenvalue weighted by Gasteiger charge is -2.17. The standard InChI is InChI=1S/C17H10BrN3O3/c1-2-14(11-6-4-3-5-7-11)20-16-8-12(18)15(21(23)24)9-13(16)19-10-17(20)22/h1,3-10,14H/t14-/m0/s1. The number of hydrogen-bond donors (Lipinski definition) is 0. The lowest BCUT2D eigenvalue weighted by Crippen LogP contribution is -2.25. The van der Waals surface area contributed by atoms with Crippen molar-refractivity contribution in [2.75, 3.05) is 0 Å². The van der Waals surface area contributed by atoms with Crippen molar-refractivity contribution in [3.63, 3.8) is 0 Å². The summed E-state index contributed by atoms with van der Waals surface area (Å²) in [5.41, 5.74) is 1.00. The summed E-state index contributed by atoms with van der Waals surface area (Å²) in [4.78, 5) is 27.0. The Morgan fingerprint density at radius 3 is 2.62 bits per heavy atom. The molecule has 6 nitrogen and oxygen atoms in total. The molecule has 0 fully saturated rings. The van der Waals surface area contributed by atoms with Gasteiger partial charge in [0.05, 0.1) is 26.6 Å². The molecule has 0 aliphatic carbocycles. The molecule has 3 rings (SSSR count). The van der Waals surface area contributed by atoms with Crippen LogP contribution in [0, 0.1) is 22.5 Å². The highest BCUT2D eigenvalue weighted by Crippen LogP contribution is 2.30. The highest BCUT2D eigenvalue weighted by Gasteiger charge is 2.20. The number of benzene rings is 2. The molecule has 1 atom stereocenters. The Morgan fingerprint density at radius 1 is 1.29 bits per heavy atom. The minimum absolute atomic E-state index is 0.128. The predicted molar refractivity (Wildman–Crippen MR) is 93.8 cm³/mol. The maximum Gasteiger partial charge on any atom is 0.285 e. The van der Waals surface area contributed by atoms with Crippen molar-refractivity contribution < 1.29 is 4.92 Å². The Kier molecular flexibility index (Phi) is 4.15. The van der Waals surface area contributed by atoms with Crippen molar-refractivity contribution in [3.8, 4) is 12.3 Å². The lowest BCUT2D eigenvalue weighted by molar-refractivity contribution is -0.385. The molecule has 2 aromatic carbocycles. The first kappa shape index (κ1) is 15.9. The number of halogens is 1. The van der Waals surface area contributed by atoms with Crippen LogP contribution in [0.1, 0.15) is 11.6 Å². The van der Waals surface area contributed by atoms with E-state index in [9.17, 15) is 14.9 Å². The van der Waals surface area contributed by atoms with Gasteiger partial charge in [-0.1, -0.05) is 36.3 Å². The van der Waals surface area contributed by atoms with Gasteiger partial charge in [0.2, 0.25) is 0 Å². The van der Waals surface area contributed by atoms with Crippen LogP contribution in [0.3, 0.4) is 0 Å². The second kappa shape index (κ2) is 6.26. The smallest absolute Gasteiger partial charge is 0.285 e. The molecule has 0 amide bonds. The van der Waals surface area contributed by atoms with E-state index in [1.165, 1.54) is 16.7 Å². The predicted octanol–water partition coefficient (Wildman–Crippen LogP) is 3.29. The Bertz CT molecular complexity index is 1040. The van der Waals surface area contributed by atoms with Gasteiger partial charge in [-0.25, -0.2) is 4.98 Å². The van der Waals surface area contributed by atoms with Crippen LogP contribution in [0.15, 0.2) is 57.9 Å². The van der Waals surface area contributed by atoms with E-state index in [1.807, 2.05) is 30.3 Å². The van der Waals surface area contributed by atoms with Gasteiger partial charge in [0, 0.05) is 6.07 Å². The first-order valence-electron chi connectivity index (χ1n) is 6.89. The normalized spacial score (nSPS) is 11.8. The summed E-state index contributed by atoms with van der Waals surface area (Å²) in [7, 11) is 0. The van der Waals surface area contributed by atoms with E-state index < -0.39 is 11.0 Å². The van der Waals surface area contributed by atoms with Crippen molar-refractivity contribution in [2.45, 2.75) is 6.04 Å². The first-order valence-corrected chi connectivity index (χ1v) is 7.68. The van der Waals surface area contributed by atoms with Crippen molar-refractivity contribution in [2.24, 2.45) is 0 Å². The summed E-state index contributed by atoms with van der Waals surface area (Å²) < 4.78 is 1.66. The molecule has 0 saturated carbocycles. The molecule has 7 heteroatoms. The molecule has 118 valence electrons. The van der Waals surface area contributed by atoms with E-state index >= 15 is 0 Å². The number of terminal acetylenes is 1. The highest BCUT2D eigenvalue weighted by atomic mass is 79.9. The van der Waals surface area contributed by atoms with Gasteiger partial charge in [0.1, 0.15) is 6.04 Å². The fourth-order valence-corrected chi connectivity index (χ4v) is 2.98. The van der Waals surface area contributed by atoms with Crippen LogP contribution in [0.4, 0.5) is 5.69 Å². The first-order chi connectivity index (χ1) is 11.5. The topological polar surface area (TPSA) is 78.0 Å². The fraction of sp³-hybridized carbons (Fsp3) is 0.0588. The Balaban J connectivity index is 2.33. The number of rotatable bonds is 3. The third kappa shape index (κ3) is 2.68. The van der Waals surface area contributed by atoms with Gasteiger partial charge in [-0.3, -0.25) is 19.5 Å². The number of fused-ring (bicyclic) bond motifs is 1. The average Bonchev–Trinajstić information content (AvgIpc) is 2.58. The monoisotopic (exact) mass is 383 g/mol. The number of nitro groups is 1. The van der Waals surface area contributed by atoms with Crippen molar-refractivity contribution in [1.82, 2.24) is 9.55 Å². The van der Waals surface area contributed by atoms with E-state index in [2.05, 4.69) is 26.8 Å². The van der Waals surface area contributed by atoms with Crippen LogP contribution in [0.2, 0.25) is 0 Å². The molecule has 0 N–H and O–H groups in total. The van der Waals surface area contributed by atoms with E-state index in [0.717, 1.165) is 11.8 Å². The molecule has 0 radical (unpaired) electrons. The summed E-state index contributed by atoms with van der Waals surface area (Å²) in [6.07, 6.45) is 6.78. The van der Waals surface area contributed by atoms with Gasteiger partial charge in [0.25, 0.3) is 11.2 Å². The van der Waals surface area contributed by atoms with Crippen LogP contribution in [0.25, 0.3) is 11.0 Å². The number of nitro benzene ring substituents is 1. The number of nitrogens with zero attached hydrogens (tertiary/aromatic N) is 3. The van der Waals surface area contributed by atoms with E-state index in [0.29, 0.717) is 11.0 Å². The fourth-order valence-electron chi connectivity index (χ4n) is 2.50. The highest BCUT2D eigenvalue weighted by molar-refractivity contribution is 9.10. The number of hydrogen-bond acceptors (Lipinski definition) is 4. The summed E-state index contributed by atoms with van der Waals surface area (Å²) in [6, 6.07) is 11.3. The molecule has 0 aliphatic heterocycles. The molecule has 0 bridgehead atoms. The Hall–Kier alpha value is -2.98. The quantitative estimate of drug-likeness (QED) is 0.395. The van der Waals surface area contributed by atoms with Crippen LogP contribution >= 0.6 is 15.9 Å². The second-order valence-electron chi connectivity index (χ2n) is 5.00. The summed E-state index contributed by atoms with van der Waals surface area (Å²) >= 11 is 3.17. The largest absolute Gasteiger partial charge is 0.287 e. The van der Waals surface area contributed by atoms with Gasteiger partial charge in [0.15, 0.2) is 0 Å². The Morgan fingerprint density at radius 2 is 2.00 bits per heavy atom. The van der Waals surface area contributed by atoms with Gasteiger partial charge >= 0.3 is 0 Å². The molecule has 0 spiro atoms. The van der Waals surface area contributed by atoms with E-state index in [4.69, 9.17) is 6.42 Å². The van der Waals surface area contributed by atoms with Gasteiger partial charge in [-0.2, -0.15) is 0 Å². The lowest BCUT2D eigenvalue weighted by atomic mass is 10.1. The SMILES string of the molecule is C#C[C@@H](c1ccccc1)n1c(=O)cnc2cc([N+](=O)[O-])c(Br)cc21.